The fourth-order valence-electron chi connectivity index (χ4n) is 2.98. The summed E-state index contributed by atoms with van der Waals surface area (Å²) in [5, 5.41) is 0.109. The summed E-state index contributed by atoms with van der Waals surface area (Å²) in [7, 11) is -3.91. The second-order valence-electron chi connectivity index (χ2n) is 5.22. The maximum Gasteiger partial charge on any atom is 0.400 e. The number of thioether (sulfide) groups is 1. The maximum atomic E-state index is 11.8. The lowest BCUT2D eigenvalue weighted by atomic mass is 10.0. The van der Waals surface area contributed by atoms with Gasteiger partial charge in [-0.15, -0.1) is 11.8 Å². The second-order valence-corrected chi connectivity index (χ2v) is 7.72. The van der Waals surface area contributed by atoms with Gasteiger partial charge in [0.1, 0.15) is 0 Å². The summed E-state index contributed by atoms with van der Waals surface area (Å²) in [6, 6.07) is 10.0. The van der Waals surface area contributed by atoms with Gasteiger partial charge in [0.2, 0.25) is 0 Å². The average Bonchev–Trinajstić information content (AvgIpc) is 3.03. The van der Waals surface area contributed by atoms with Crippen LogP contribution in [0.3, 0.4) is 0 Å². The highest BCUT2D eigenvalue weighted by atomic mass is 32.3. The first-order valence-electron chi connectivity index (χ1n) is 7.07. The number of fused-ring (bicyclic) bond motifs is 2. The standard InChI is InChI=1S/C15H18O4S2/c1-2-18-21(16,17)19-14-11-8-9-12(10-11)15(14)20-13-6-4-3-5-7-13/h3-9,11-12,14-15H,2,10H2,1H3/t11-,12+,14+,15+/m0/s1. The van der Waals surface area contributed by atoms with Gasteiger partial charge in [-0.05, 0) is 31.4 Å². The van der Waals surface area contributed by atoms with Crippen LogP contribution in [0.15, 0.2) is 47.4 Å². The van der Waals surface area contributed by atoms with Crippen LogP contribution in [0.5, 0.6) is 0 Å². The van der Waals surface area contributed by atoms with E-state index in [2.05, 4.69) is 12.2 Å². The molecule has 3 rings (SSSR count). The molecule has 0 unspecified atom stereocenters. The van der Waals surface area contributed by atoms with Crippen LogP contribution in [-0.2, 0) is 18.8 Å². The van der Waals surface area contributed by atoms with E-state index in [1.165, 1.54) is 0 Å². The molecule has 0 radical (unpaired) electrons. The number of allylic oxidation sites excluding steroid dienone is 1. The fraction of sp³-hybridized carbons (Fsp3) is 0.467. The van der Waals surface area contributed by atoms with Crippen molar-refractivity contribution in [3.05, 3.63) is 42.5 Å². The minimum Gasteiger partial charge on any atom is -0.248 e. The summed E-state index contributed by atoms with van der Waals surface area (Å²) in [5.74, 6) is 0.522. The molecule has 2 aliphatic carbocycles. The van der Waals surface area contributed by atoms with E-state index in [1.807, 2.05) is 30.3 Å². The van der Waals surface area contributed by atoms with Crippen LogP contribution in [0.25, 0.3) is 0 Å². The highest BCUT2D eigenvalue weighted by molar-refractivity contribution is 8.00. The van der Waals surface area contributed by atoms with Crippen molar-refractivity contribution in [1.29, 1.82) is 0 Å². The van der Waals surface area contributed by atoms with E-state index in [9.17, 15) is 8.42 Å². The zero-order chi connectivity index (χ0) is 14.9. The van der Waals surface area contributed by atoms with Gasteiger partial charge in [0.15, 0.2) is 0 Å². The normalized spacial score (nSPS) is 30.9. The first kappa shape index (κ1) is 15.1. The molecule has 0 spiro atoms. The van der Waals surface area contributed by atoms with Crippen LogP contribution in [0.4, 0.5) is 0 Å². The Kier molecular flexibility index (Phi) is 4.40. The zero-order valence-electron chi connectivity index (χ0n) is 11.7. The number of rotatable bonds is 6. The largest absolute Gasteiger partial charge is 0.400 e. The van der Waals surface area contributed by atoms with Crippen molar-refractivity contribution >= 4 is 22.2 Å². The topological polar surface area (TPSA) is 52.6 Å². The highest BCUT2D eigenvalue weighted by Crippen LogP contribution is 2.49. The van der Waals surface area contributed by atoms with Gasteiger partial charge in [0.25, 0.3) is 0 Å². The molecule has 1 aromatic rings. The minimum atomic E-state index is -3.91. The predicted molar refractivity (Wildman–Crippen MR) is 82.2 cm³/mol. The molecule has 1 aromatic carbocycles. The van der Waals surface area contributed by atoms with E-state index in [0.29, 0.717) is 5.92 Å². The van der Waals surface area contributed by atoms with Gasteiger partial charge in [-0.2, -0.15) is 8.42 Å². The van der Waals surface area contributed by atoms with Gasteiger partial charge >= 0.3 is 10.4 Å². The zero-order valence-corrected chi connectivity index (χ0v) is 13.3. The van der Waals surface area contributed by atoms with Crippen LogP contribution < -0.4 is 0 Å². The van der Waals surface area contributed by atoms with E-state index in [1.54, 1.807) is 18.7 Å². The molecular formula is C15H18O4S2. The third-order valence-electron chi connectivity index (χ3n) is 3.82. The molecule has 0 saturated heterocycles. The summed E-state index contributed by atoms with van der Waals surface area (Å²) < 4.78 is 33.6. The van der Waals surface area contributed by atoms with Crippen molar-refractivity contribution in [2.24, 2.45) is 11.8 Å². The molecule has 6 heteroatoms. The van der Waals surface area contributed by atoms with Crippen LogP contribution >= 0.6 is 11.8 Å². The SMILES string of the molecule is CCOS(=O)(=O)O[C@H]1[C@H](Sc2ccccc2)[C@@H]2C=C[C@H]1C2. The molecule has 0 N–H and O–H groups in total. The van der Waals surface area contributed by atoms with Gasteiger partial charge in [-0.3, -0.25) is 0 Å². The molecule has 0 amide bonds. The Bertz CT molecular complexity index is 612. The highest BCUT2D eigenvalue weighted by Gasteiger charge is 2.48. The lowest BCUT2D eigenvalue weighted by Gasteiger charge is -2.26. The quantitative estimate of drug-likeness (QED) is 0.752. The summed E-state index contributed by atoms with van der Waals surface area (Å²) >= 11 is 1.68. The van der Waals surface area contributed by atoms with Crippen LogP contribution in [0, 0.1) is 11.8 Å². The van der Waals surface area contributed by atoms with Crippen molar-refractivity contribution in [3.8, 4) is 0 Å². The summed E-state index contributed by atoms with van der Waals surface area (Å²) in [6.07, 6.45) is 4.86. The lowest BCUT2D eigenvalue weighted by Crippen LogP contribution is -2.33. The van der Waals surface area contributed by atoms with Gasteiger partial charge < -0.3 is 0 Å². The monoisotopic (exact) mass is 326 g/mol. The smallest absolute Gasteiger partial charge is 0.248 e. The van der Waals surface area contributed by atoms with Gasteiger partial charge in [0.05, 0.1) is 12.7 Å². The van der Waals surface area contributed by atoms with Gasteiger partial charge in [-0.25, -0.2) is 8.37 Å². The van der Waals surface area contributed by atoms with E-state index >= 15 is 0 Å². The Balaban J connectivity index is 1.76. The van der Waals surface area contributed by atoms with Crippen LogP contribution in [-0.4, -0.2) is 26.4 Å². The number of benzene rings is 1. The first-order chi connectivity index (χ1) is 10.1. The molecule has 0 aromatic heterocycles. The molecule has 1 fully saturated rings. The van der Waals surface area contributed by atoms with Crippen molar-refractivity contribution in [1.82, 2.24) is 0 Å². The van der Waals surface area contributed by atoms with Crippen molar-refractivity contribution in [2.75, 3.05) is 6.61 Å². The average molecular weight is 326 g/mol. The second kappa shape index (κ2) is 6.12. The molecule has 2 aliphatic rings. The van der Waals surface area contributed by atoms with Crippen molar-refractivity contribution in [2.45, 2.75) is 29.6 Å². The van der Waals surface area contributed by atoms with E-state index in [4.69, 9.17) is 8.37 Å². The summed E-state index contributed by atoms with van der Waals surface area (Å²) in [5.41, 5.74) is 0. The molecule has 114 valence electrons. The van der Waals surface area contributed by atoms with E-state index in [0.717, 1.165) is 11.3 Å². The van der Waals surface area contributed by atoms with Crippen LogP contribution in [0.1, 0.15) is 13.3 Å². The predicted octanol–water partition coefficient (Wildman–Crippen LogP) is 3.02. The summed E-state index contributed by atoms with van der Waals surface area (Å²) in [6.45, 7) is 1.73. The molecule has 1 saturated carbocycles. The molecule has 21 heavy (non-hydrogen) atoms. The maximum absolute atomic E-state index is 11.8. The molecule has 4 nitrogen and oxygen atoms in total. The summed E-state index contributed by atoms with van der Waals surface area (Å²) in [4.78, 5) is 1.13. The molecule has 0 heterocycles. The third kappa shape index (κ3) is 3.34. The molecule has 0 aliphatic heterocycles. The number of hydrogen-bond acceptors (Lipinski definition) is 5. The lowest BCUT2D eigenvalue weighted by molar-refractivity contribution is 0.144. The Morgan fingerprint density at radius 1 is 1.19 bits per heavy atom. The van der Waals surface area contributed by atoms with Crippen molar-refractivity contribution in [3.63, 3.8) is 0 Å². The number of hydrogen-bond donors (Lipinski definition) is 0. The Hall–Kier alpha value is -0.820. The minimum absolute atomic E-state index is 0.0927. The van der Waals surface area contributed by atoms with Gasteiger partial charge in [0, 0.05) is 16.1 Å². The third-order valence-corrected chi connectivity index (χ3v) is 6.24. The Labute approximate surface area is 129 Å². The molecular weight excluding hydrogens is 308 g/mol. The Morgan fingerprint density at radius 2 is 1.90 bits per heavy atom. The Morgan fingerprint density at radius 3 is 2.62 bits per heavy atom. The van der Waals surface area contributed by atoms with Crippen molar-refractivity contribution < 1.29 is 16.8 Å². The first-order valence-corrected chi connectivity index (χ1v) is 9.28. The van der Waals surface area contributed by atoms with E-state index in [-0.39, 0.29) is 23.9 Å². The molecule has 4 atom stereocenters. The van der Waals surface area contributed by atoms with Gasteiger partial charge in [-0.1, -0.05) is 30.4 Å². The molecule has 2 bridgehead atoms. The van der Waals surface area contributed by atoms with Crippen LogP contribution in [0.2, 0.25) is 0 Å². The van der Waals surface area contributed by atoms with E-state index < -0.39 is 10.4 Å². The fourth-order valence-corrected chi connectivity index (χ4v) is 5.32.